The molecule has 4 nitrogen and oxygen atoms in total. The number of nitrogens with one attached hydrogen (secondary N) is 1. The fourth-order valence-electron chi connectivity index (χ4n) is 2.03. The first-order valence-electron chi connectivity index (χ1n) is 6.95. The van der Waals surface area contributed by atoms with Crippen LogP contribution in [0, 0.1) is 0 Å². The molecule has 1 N–H and O–H groups in total. The van der Waals surface area contributed by atoms with E-state index in [0.29, 0.717) is 22.4 Å². The van der Waals surface area contributed by atoms with Crippen molar-refractivity contribution in [3.05, 3.63) is 52.1 Å². The molecule has 23 heavy (non-hydrogen) atoms. The van der Waals surface area contributed by atoms with Gasteiger partial charge in [-0.15, -0.1) is 0 Å². The summed E-state index contributed by atoms with van der Waals surface area (Å²) in [6.07, 6.45) is 2.51. The monoisotopic (exact) mass is 372 g/mol. The summed E-state index contributed by atoms with van der Waals surface area (Å²) >= 11 is 12.0. The van der Waals surface area contributed by atoms with Crippen molar-refractivity contribution in [2.24, 2.45) is 0 Å². The lowest BCUT2D eigenvalue weighted by molar-refractivity contribution is 0.556. The van der Waals surface area contributed by atoms with E-state index in [9.17, 15) is 8.42 Å². The molecule has 0 amide bonds. The third-order valence-electron chi connectivity index (χ3n) is 3.58. The van der Waals surface area contributed by atoms with E-state index in [1.807, 2.05) is 12.1 Å². The largest absolute Gasteiger partial charge is 0.369 e. The van der Waals surface area contributed by atoms with Gasteiger partial charge in [0.1, 0.15) is 5.82 Å². The summed E-state index contributed by atoms with van der Waals surface area (Å²) in [6.45, 7) is 4.76. The maximum Gasteiger partial charge on any atom is 0.177 e. The Hall–Kier alpha value is -1.30. The number of benzene rings is 1. The second kappa shape index (κ2) is 6.67. The molecule has 2 aromatic rings. The van der Waals surface area contributed by atoms with Crippen LogP contribution in [0.15, 0.2) is 41.4 Å². The van der Waals surface area contributed by atoms with Crippen molar-refractivity contribution >= 4 is 38.9 Å². The van der Waals surface area contributed by atoms with Gasteiger partial charge in [-0.05, 0) is 29.8 Å². The second-order valence-corrected chi connectivity index (χ2v) is 8.85. The molecule has 0 radical (unpaired) electrons. The van der Waals surface area contributed by atoms with Crippen molar-refractivity contribution < 1.29 is 8.42 Å². The van der Waals surface area contributed by atoms with Gasteiger partial charge in [-0.25, -0.2) is 13.4 Å². The van der Waals surface area contributed by atoms with Gasteiger partial charge < -0.3 is 5.32 Å². The minimum atomic E-state index is -3.23. The molecule has 0 aliphatic heterocycles. The van der Waals surface area contributed by atoms with E-state index in [1.54, 1.807) is 12.1 Å². The number of halogens is 2. The lowest BCUT2D eigenvalue weighted by Gasteiger charge is -2.26. The minimum absolute atomic E-state index is 0.201. The summed E-state index contributed by atoms with van der Waals surface area (Å²) < 4.78 is 22.8. The lowest BCUT2D eigenvalue weighted by atomic mass is 9.84. The predicted octanol–water partition coefficient (Wildman–Crippen LogP) is 4.18. The van der Waals surface area contributed by atoms with Gasteiger partial charge >= 0.3 is 0 Å². The molecule has 0 saturated heterocycles. The number of rotatable bonds is 5. The van der Waals surface area contributed by atoms with Crippen LogP contribution < -0.4 is 5.32 Å². The zero-order valence-corrected chi connectivity index (χ0v) is 15.4. The van der Waals surface area contributed by atoms with Crippen molar-refractivity contribution in [3.8, 4) is 0 Å². The highest BCUT2D eigenvalue weighted by molar-refractivity contribution is 7.90. The van der Waals surface area contributed by atoms with Crippen LogP contribution in [0.4, 0.5) is 5.82 Å². The SMILES string of the molecule is CC(C)(CNc1ccc(S(C)(=O)=O)cn1)c1ccc(Cl)c(Cl)c1. The van der Waals surface area contributed by atoms with Crippen molar-refractivity contribution in [1.29, 1.82) is 0 Å². The van der Waals surface area contributed by atoms with E-state index in [0.717, 1.165) is 11.8 Å². The predicted molar refractivity (Wildman–Crippen MR) is 95.3 cm³/mol. The third-order valence-corrected chi connectivity index (χ3v) is 5.41. The van der Waals surface area contributed by atoms with Crippen LogP contribution in [-0.2, 0) is 15.3 Å². The van der Waals surface area contributed by atoms with Crippen LogP contribution in [0.2, 0.25) is 10.0 Å². The topological polar surface area (TPSA) is 59.1 Å². The molecule has 7 heteroatoms. The Morgan fingerprint density at radius 2 is 1.83 bits per heavy atom. The van der Waals surface area contributed by atoms with Crippen LogP contribution in [-0.4, -0.2) is 26.2 Å². The van der Waals surface area contributed by atoms with Gasteiger partial charge in [-0.2, -0.15) is 0 Å². The Bertz CT molecular complexity index is 803. The minimum Gasteiger partial charge on any atom is -0.369 e. The fraction of sp³-hybridized carbons (Fsp3) is 0.312. The fourth-order valence-corrected chi connectivity index (χ4v) is 2.89. The molecule has 0 fully saturated rings. The normalized spacial score (nSPS) is 12.2. The van der Waals surface area contributed by atoms with Crippen molar-refractivity contribution in [2.75, 3.05) is 18.1 Å². The van der Waals surface area contributed by atoms with Crippen LogP contribution >= 0.6 is 23.2 Å². The number of hydrogen-bond acceptors (Lipinski definition) is 4. The summed E-state index contributed by atoms with van der Waals surface area (Å²) in [6, 6.07) is 8.76. The number of pyridine rings is 1. The summed E-state index contributed by atoms with van der Waals surface area (Å²) in [5.41, 5.74) is 0.845. The number of nitrogens with zero attached hydrogens (tertiary/aromatic N) is 1. The van der Waals surface area contributed by atoms with Crippen LogP contribution in [0.5, 0.6) is 0 Å². The molecule has 1 aromatic carbocycles. The summed E-state index contributed by atoms with van der Waals surface area (Å²) in [5, 5.41) is 4.26. The zero-order chi connectivity index (χ0) is 17.3. The van der Waals surface area contributed by atoms with Gasteiger partial charge in [0.15, 0.2) is 9.84 Å². The molecule has 124 valence electrons. The maximum absolute atomic E-state index is 11.4. The van der Waals surface area contributed by atoms with Crippen LogP contribution in [0.1, 0.15) is 19.4 Å². The number of anilines is 1. The number of aromatic nitrogens is 1. The maximum atomic E-state index is 11.4. The van der Waals surface area contributed by atoms with E-state index in [4.69, 9.17) is 23.2 Å². The van der Waals surface area contributed by atoms with E-state index >= 15 is 0 Å². The highest BCUT2D eigenvalue weighted by atomic mass is 35.5. The van der Waals surface area contributed by atoms with Crippen LogP contribution in [0.25, 0.3) is 0 Å². The number of sulfone groups is 1. The molecule has 0 unspecified atom stereocenters. The average molecular weight is 373 g/mol. The Morgan fingerprint density at radius 3 is 2.35 bits per heavy atom. The van der Waals surface area contributed by atoms with Gasteiger partial charge in [0.25, 0.3) is 0 Å². The highest BCUT2D eigenvalue weighted by Crippen LogP contribution is 2.30. The summed E-state index contributed by atoms with van der Waals surface area (Å²) in [5.74, 6) is 0.616. The van der Waals surface area contributed by atoms with Gasteiger partial charge in [0.2, 0.25) is 0 Å². The number of hydrogen-bond donors (Lipinski definition) is 1. The van der Waals surface area contributed by atoms with E-state index in [1.165, 1.54) is 12.3 Å². The first-order chi connectivity index (χ1) is 10.6. The average Bonchev–Trinajstić information content (AvgIpc) is 2.47. The standard InChI is InChI=1S/C16H18Cl2N2O2S/c1-16(2,11-4-6-13(17)14(18)8-11)10-20-15-7-5-12(9-19-15)23(3,21)22/h4-9H,10H2,1-3H3,(H,19,20). The van der Waals surface area contributed by atoms with Gasteiger partial charge in [-0.1, -0.05) is 43.1 Å². The van der Waals surface area contributed by atoms with Gasteiger partial charge in [0, 0.05) is 24.4 Å². The summed E-state index contributed by atoms with van der Waals surface area (Å²) in [4.78, 5) is 4.34. The van der Waals surface area contributed by atoms with E-state index in [2.05, 4.69) is 24.1 Å². The Balaban J connectivity index is 2.11. The molecular weight excluding hydrogens is 355 g/mol. The second-order valence-electron chi connectivity index (χ2n) is 6.02. The third kappa shape index (κ3) is 4.59. The molecule has 0 spiro atoms. The molecule has 2 rings (SSSR count). The molecule has 0 bridgehead atoms. The quantitative estimate of drug-likeness (QED) is 0.854. The summed E-state index contributed by atoms with van der Waals surface area (Å²) in [7, 11) is -3.23. The molecule has 0 saturated carbocycles. The Labute approximate surface area is 146 Å². The Morgan fingerprint density at radius 1 is 1.13 bits per heavy atom. The zero-order valence-electron chi connectivity index (χ0n) is 13.1. The molecule has 0 aliphatic carbocycles. The molecule has 1 heterocycles. The molecule has 0 atom stereocenters. The molecule has 0 aliphatic rings. The van der Waals surface area contributed by atoms with Gasteiger partial charge in [0.05, 0.1) is 14.9 Å². The van der Waals surface area contributed by atoms with E-state index in [-0.39, 0.29) is 10.3 Å². The lowest BCUT2D eigenvalue weighted by Crippen LogP contribution is -2.28. The van der Waals surface area contributed by atoms with Crippen molar-refractivity contribution in [3.63, 3.8) is 0 Å². The van der Waals surface area contributed by atoms with Crippen molar-refractivity contribution in [1.82, 2.24) is 4.98 Å². The van der Waals surface area contributed by atoms with Crippen molar-refractivity contribution in [2.45, 2.75) is 24.2 Å². The van der Waals surface area contributed by atoms with Gasteiger partial charge in [-0.3, -0.25) is 0 Å². The van der Waals surface area contributed by atoms with Crippen LogP contribution in [0.3, 0.4) is 0 Å². The smallest absolute Gasteiger partial charge is 0.177 e. The molecular formula is C16H18Cl2N2O2S. The first kappa shape index (κ1) is 18.0. The van der Waals surface area contributed by atoms with E-state index < -0.39 is 9.84 Å². The molecule has 1 aromatic heterocycles. The first-order valence-corrected chi connectivity index (χ1v) is 9.60. The highest BCUT2D eigenvalue weighted by Gasteiger charge is 2.21. The Kier molecular flexibility index (Phi) is 5.23.